The van der Waals surface area contributed by atoms with Gasteiger partial charge in [-0.25, -0.2) is 13.4 Å². The van der Waals surface area contributed by atoms with Crippen LogP contribution in [0.3, 0.4) is 0 Å². The van der Waals surface area contributed by atoms with Crippen molar-refractivity contribution in [1.82, 2.24) is 19.8 Å². The number of rotatable bonds is 10. The smallest absolute Gasteiger partial charge is 0.228 e. The van der Waals surface area contributed by atoms with E-state index in [2.05, 4.69) is 42.9 Å². The molecule has 31 heavy (non-hydrogen) atoms. The van der Waals surface area contributed by atoms with E-state index >= 15 is 0 Å². The van der Waals surface area contributed by atoms with Gasteiger partial charge < -0.3 is 14.8 Å². The van der Waals surface area contributed by atoms with Gasteiger partial charge in [-0.1, -0.05) is 57.5 Å². The van der Waals surface area contributed by atoms with Crippen molar-refractivity contribution in [1.29, 1.82) is 0 Å². The van der Waals surface area contributed by atoms with Crippen molar-refractivity contribution >= 4 is 27.2 Å². The van der Waals surface area contributed by atoms with Gasteiger partial charge in [0.15, 0.2) is 5.11 Å². The predicted molar refractivity (Wildman–Crippen MR) is 131 cm³/mol. The third kappa shape index (κ3) is 7.31. The summed E-state index contributed by atoms with van der Waals surface area (Å²) in [6, 6.07) is 7.61. The molecule has 1 aromatic heterocycles. The molecule has 0 unspecified atom stereocenters. The maximum atomic E-state index is 13.3. The van der Waals surface area contributed by atoms with Gasteiger partial charge in [-0.15, -0.1) is 0 Å². The standard InChI is InChI=1S/C23H36N4O2S2/c1-7-24-22(30)26(13-17(2)3)15-21-12-25-23(27(21)14-18(4)5)31(28,29)16-20-10-8-9-19(6)11-20/h8-12,17-18H,7,13-16H2,1-6H3,(H,24,30). The quantitative estimate of drug-likeness (QED) is 0.532. The van der Waals surface area contributed by atoms with Crippen LogP contribution in [0.25, 0.3) is 0 Å². The van der Waals surface area contributed by atoms with E-state index in [9.17, 15) is 8.42 Å². The largest absolute Gasteiger partial charge is 0.363 e. The minimum Gasteiger partial charge on any atom is -0.363 e. The van der Waals surface area contributed by atoms with E-state index in [1.165, 1.54) is 0 Å². The number of thiocarbonyl (C=S) groups is 1. The SMILES string of the molecule is CCNC(=S)N(Cc1cnc(S(=O)(=O)Cc2cccc(C)c2)n1CC(C)C)CC(C)C. The number of hydrogen-bond acceptors (Lipinski definition) is 4. The molecule has 0 amide bonds. The zero-order chi connectivity index (χ0) is 23.2. The lowest BCUT2D eigenvalue weighted by Crippen LogP contribution is -2.41. The third-order valence-electron chi connectivity index (χ3n) is 4.72. The Kier molecular flexibility index (Phi) is 9.06. The van der Waals surface area contributed by atoms with E-state index in [0.717, 1.165) is 29.9 Å². The Balaban J connectivity index is 2.40. The second-order valence-electron chi connectivity index (χ2n) is 8.89. The fraction of sp³-hybridized carbons (Fsp3) is 0.565. The Morgan fingerprint density at radius 1 is 1.23 bits per heavy atom. The van der Waals surface area contributed by atoms with E-state index in [1.54, 1.807) is 6.20 Å². The van der Waals surface area contributed by atoms with Crippen LogP contribution in [0.4, 0.5) is 0 Å². The highest BCUT2D eigenvalue weighted by molar-refractivity contribution is 7.90. The number of nitrogens with zero attached hydrogens (tertiary/aromatic N) is 3. The molecule has 8 heteroatoms. The molecule has 1 aromatic carbocycles. The summed E-state index contributed by atoms with van der Waals surface area (Å²) in [5.41, 5.74) is 2.67. The number of nitrogens with one attached hydrogen (secondary N) is 1. The molecule has 0 aliphatic heterocycles. The van der Waals surface area contributed by atoms with Gasteiger partial charge in [0.05, 0.1) is 24.2 Å². The summed E-state index contributed by atoms with van der Waals surface area (Å²) >= 11 is 5.57. The summed E-state index contributed by atoms with van der Waals surface area (Å²) in [5, 5.41) is 4.03. The van der Waals surface area contributed by atoms with E-state index in [-0.39, 0.29) is 16.8 Å². The normalized spacial score (nSPS) is 11.9. The minimum absolute atomic E-state index is 0.0608. The van der Waals surface area contributed by atoms with Crippen LogP contribution in [0.5, 0.6) is 0 Å². The molecule has 1 N–H and O–H groups in total. The fourth-order valence-corrected chi connectivity index (χ4v) is 5.30. The van der Waals surface area contributed by atoms with Crippen LogP contribution in [0.15, 0.2) is 35.6 Å². The van der Waals surface area contributed by atoms with Gasteiger partial charge in [0.1, 0.15) is 0 Å². The van der Waals surface area contributed by atoms with Gasteiger partial charge in [0.2, 0.25) is 15.0 Å². The van der Waals surface area contributed by atoms with Crippen molar-refractivity contribution in [2.24, 2.45) is 11.8 Å². The summed E-state index contributed by atoms with van der Waals surface area (Å²) in [6.07, 6.45) is 1.69. The highest BCUT2D eigenvalue weighted by Crippen LogP contribution is 2.21. The van der Waals surface area contributed by atoms with Crippen LogP contribution in [-0.4, -0.2) is 41.1 Å². The molecule has 0 atom stereocenters. The van der Waals surface area contributed by atoms with Crippen LogP contribution in [0.1, 0.15) is 51.4 Å². The van der Waals surface area contributed by atoms with Gasteiger partial charge in [-0.2, -0.15) is 0 Å². The lowest BCUT2D eigenvalue weighted by atomic mass is 10.2. The summed E-state index contributed by atoms with van der Waals surface area (Å²) in [7, 11) is -3.59. The summed E-state index contributed by atoms with van der Waals surface area (Å²) < 4.78 is 28.4. The molecule has 172 valence electrons. The zero-order valence-electron chi connectivity index (χ0n) is 19.6. The number of hydrogen-bond donors (Lipinski definition) is 1. The van der Waals surface area contributed by atoms with Gasteiger partial charge in [0, 0.05) is 19.6 Å². The van der Waals surface area contributed by atoms with E-state index < -0.39 is 9.84 Å². The molecule has 0 spiro atoms. The van der Waals surface area contributed by atoms with Gasteiger partial charge in [-0.05, 0) is 43.5 Å². The number of aromatic nitrogens is 2. The van der Waals surface area contributed by atoms with E-state index in [4.69, 9.17) is 12.2 Å². The first-order valence-electron chi connectivity index (χ1n) is 10.9. The highest BCUT2D eigenvalue weighted by Gasteiger charge is 2.25. The van der Waals surface area contributed by atoms with Crippen LogP contribution in [0, 0.1) is 18.8 Å². The predicted octanol–water partition coefficient (Wildman–Crippen LogP) is 4.17. The number of benzene rings is 1. The lowest BCUT2D eigenvalue weighted by Gasteiger charge is -2.28. The summed E-state index contributed by atoms with van der Waals surface area (Å²) in [5.74, 6) is 0.636. The molecule has 0 aliphatic carbocycles. The summed E-state index contributed by atoms with van der Waals surface area (Å²) in [4.78, 5) is 6.47. The molecule has 0 bridgehead atoms. The van der Waals surface area contributed by atoms with Crippen molar-refractivity contribution in [2.45, 2.75) is 65.5 Å². The first-order valence-corrected chi connectivity index (χ1v) is 12.9. The van der Waals surface area contributed by atoms with Crippen LogP contribution < -0.4 is 5.32 Å². The molecule has 2 aromatic rings. The second kappa shape index (κ2) is 11.1. The first-order chi connectivity index (χ1) is 14.5. The van der Waals surface area contributed by atoms with Crippen LogP contribution >= 0.6 is 12.2 Å². The maximum Gasteiger partial charge on any atom is 0.228 e. The minimum atomic E-state index is -3.59. The third-order valence-corrected chi connectivity index (χ3v) is 6.72. The van der Waals surface area contributed by atoms with E-state index in [1.807, 2.05) is 42.7 Å². The Morgan fingerprint density at radius 3 is 2.52 bits per heavy atom. The van der Waals surface area contributed by atoms with Crippen molar-refractivity contribution in [3.8, 4) is 0 Å². The van der Waals surface area contributed by atoms with Crippen molar-refractivity contribution in [2.75, 3.05) is 13.1 Å². The van der Waals surface area contributed by atoms with Crippen molar-refractivity contribution < 1.29 is 8.42 Å². The van der Waals surface area contributed by atoms with Crippen molar-refractivity contribution in [3.05, 3.63) is 47.3 Å². The molecule has 2 rings (SSSR count). The van der Waals surface area contributed by atoms with Gasteiger partial charge in [0.25, 0.3) is 0 Å². The van der Waals surface area contributed by atoms with Crippen LogP contribution in [0.2, 0.25) is 0 Å². The first kappa shape index (κ1) is 25.3. The average Bonchev–Trinajstić information content (AvgIpc) is 3.03. The molecular weight excluding hydrogens is 428 g/mol. The molecule has 1 heterocycles. The monoisotopic (exact) mass is 464 g/mol. The van der Waals surface area contributed by atoms with Gasteiger partial charge in [-0.3, -0.25) is 0 Å². The maximum absolute atomic E-state index is 13.3. The Labute approximate surface area is 193 Å². The molecule has 0 saturated heterocycles. The van der Waals surface area contributed by atoms with Gasteiger partial charge >= 0.3 is 0 Å². The molecule has 0 saturated carbocycles. The number of aryl methyl sites for hydroxylation is 1. The molecule has 0 aliphatic rings. The lowest BCUT2D eigenvalue weighted by molar-refractivity contribution is 0.339. The molecular formula is C23H36N4O2S2. The Bertz CT molecular complexity index is 981. The summed E-state index contributed by atoms with van der Waals surface area (Å²) in [6.45, 7) is 15.0. The molecule has 0 radical (unpaired) electrons. The highest BCUT2D eigenvalue weighted by atomic mass is 32.2. The number of imidazole rings is 1. The molecule has 6 nitrogen and oxygen atoms in total. The fourth-order valence-electron chi connectivity index (χ4n) is 3.53. The Hall–Kier alpha value is -1.93. The van der Waals surface area contributed by atoms with Crippen LogP contribution in [-0.2, 0) is 28.7 Å². The topological polar surface area (TPSA) is 67.2 Å². The van der Waals surface area contributed by atoms with E-state index in [0.29, 0.717) is 24.1 Å². The second-order valence-corrected chi connectivity index (χ2v) is 11.2. The number of sulfone groups is 1. The van der Waals surface area contributed by atoms with Crippen molar-refractivity contribution in [3.63, 3.8) is 0 Å². The molecule has 0 fully saturated rings. The Morgan fingerprint density at radius 2 is 1.94 bits per heavy atom. The zero-order valence-corrected chi connectivity index (χ0v) is 21.2. The average molecular weight is 465 g/mol.